The molecule has 4 heteroatoms. The van der Waals surface area contributed by atoms with Crippen molar-refractivity contribution >= 4 is 5.84 Å². The van der Waals surface area contributed by atoms with Crippen LogP contribution in [-0.2, 0) is 0 Å². The number of hydrogen-bond donors (Lipinski definition) is 2. The summed E-state index contributed by atoms with van der Waals surface area (Å²) in [5.41, 5.74) is 8.27. The van der Waals surface area contributed by atoms with Crippen molar-refractivity contribution in [2.24, 2.45) is 5.73 Å². The molecule has 1 rings (SSSR count). The van der Waals surface area contributed by atoms with Crippen molar-refractivity contribution in [1.82, 2.24) is 4.90 Å². The molecule has 1 aromatic carbocycles. The van der Waals surface area contributed by atoms with Crippen LogP contribution in [0.1, 0.15) is 16.7 Å². The third-order valence-electron chi connectivity index (χ3n) is 2.56. The van der Waals surface area contributed by atoms with Crippen LogP contribution >= 0.6 is 0 Å². The molecule has 17 heavy (non-hydrogen) atoms. The number of likely N-dealkylation sites (N-methyl/N-ethyl adjacent to an activating group) is 1. The fraction of sp³-hybridized carbons (Fsp3) is 0.462. The molecule has 0 aromatic heterocycles. The molecule has 0 aliphatic carbocycles. The number of aryl methyl sites for hydroxylation is 2. The Morgan fingerprint density at radius 1 is 1.29 bits per heavy atom. The van der Waals surface area contributed by atoms with Gasteiger partial charge in [-0.15, -0.1) is 0 Å². The first-order valence-corrected chi connectivity index (χ1v) is 5.65. The highest BCUT2D eigenvalue weighted by Gasteiger charge is 2.08. The van der Waals surface area contributed by atoms with Crippen LogP contribution in [0.4, 0.5) is 0 Å². The standard InChI is InChI=1S/C13H21N3O/c1-9-7-11(13(14)15)8-10(2)12(9)17-6-5-16(3)4/h7-8H,5-6H2,1-4H3,(H3,14,15). The summed E-state index contributed by atoms with van der Waals surface area (Å²) in [6.45, 7) is 5.50. The Morgan fingerprint density at radius 3 is 2.24 bits per heavy atom. The quantitative estimate of drug-likeness (QED) is 0.601. The number of nitrogens with one attached hydrogen (secondary N) is 1. The van der Waals surface area contributed by atoms with Crippen LogP contribution in [0.2, 0.25) is 0 Å². The van der Waals surface area contributed by atoms with E-state index in [1.165, 1.54) is 0 Å². The zero-order chi connectivity index (χ0) is 13.0. The highest BCUT2D eigenvalue weighted by Crippen LogP contribution is 2.24. The van der Waals surface area contributed by atoms with E-state index in [1.54, 1.807) is 0 Å². The Labute approximate surface area is 103 Å². The number of hydrogen-bond acceptors (Lipinski definition) is 3. The number of benzene rings is 1. The molecule has 0 radical (unpaired) electrons. The SMILES string of the molecule is Cc1cc(C(=N)N)cc(C)c1OCCN(C)C. The molecule has 1 aromatic rings. The molecule has 4 nitrogen and oxygen atoms in total. The monoisotopic (exact) mass is 235 g/mol. The average Bonchev–Trinajstić information content (AvgIpc) is 2.21. The van der Waals surface area contributed by atoms with Gasteiger partial charge in [0, 0.05) is 12.1 Å². The number of nitrogens with zero attached hydrogens (tertiary/aromatic N) is 1. The Hall–Kier alpha value is -1.55. The summed E-state index contributed by atoms with van der Waals surface area (Å²) in [5.74, 6) is 0.993. The van der Waals surface area contributed by atoms with E-state index in [1.807, 2.05) is 40.1 Å². The van der Waals surface area contributed by atoms with E-state index in [2.05, 4.69) is 4.90 Å². The molecule has 0 bridgehead atoms. The summed E-state index contributed by atoms with van der Waals surface area (Å²) in [4.78, 5) is 2.08. The van der Waals surface area contributed by atoms with Gasteiger partial charge in [-0.05, 0) is 51.2 Å². The van der Waals surface area contributed by atoms with Crippen LogP contribution in [0.5, 0.6) is 5.75 Å². The van der Waals surface area contributed by atoms with E-state index in [0.29, 0.717) is 6.61 Å². The van der Waals surface area contributed by atoms with Crippen molar-refractivity contribution in [3.8, 4) is 5.75 Å². The lowest BCUT2D eigenvalue weighted by molar-refractivity contribution is 0.259. The van der Waals surface area contributed by atoms with Gasteiger partial charge in [0.1, 0.15) is 18.2 Å². The second-order valence-corrected chi connectivity index (χ2v) is 4.50. The van der Waals surface area contributed by atoms with Crippen molar-refractivity contribution in [2.45, 2.75) is 13.8 Å². The fourth-order valence-electron chi connectivity index (χ4n) is 1.66. The van der Waals surface area contributed by atoms with Gasteiger partial charge in [-0.3, -0.25) is 5.41 Å². The van der Waals surface area contributed by atoms with Gasteiger partial charge in [-0.25, -0.2) is 0 Å². The Bertz CT molecular complexity index is 390. The maximum Gasteiger partial charge on any atom is 0.125 e. The van der Waals surface area contributed by atoms with Crippen molar-refractivity contribution in [3.63, 3.8) is 0 Å². The number of rotatable bonds is 5. The van der Waals surface area contributed by atoms with E-state index in [9.17, 15) is 0 Å². The van der Waals surface area contributed by atoms with E-state index in [0.717, 1.165) is 29.0 Å². The van der Waals surface area contributed by atoms with E-state index >= 15 is 0 Å². The number of ether oxygens (including phenoxy) is 1. The largest absolute Gasteiger partial charge is 0.492 e. The van der Waals surface area contributed by atoms with Crippen LogP contribution in [-0.4, -0.2) is 38.0 Å². The summed E-state index contributed by atoms with van der Waals surface area (Å²) >= 11 is 0. The van der Waals surface area contributed by atoms with E-state index < -0.39 is 0 Å². The van der Waals surface area contributed by atoms with Gasteiger partial charge in [0.15, 0.2) is 0 Å². The number of amidine groups is 1. The van der Waals surface area contributed by atoms with Gasteiger partial charge in [-0.1, -0.05) is 0 Å². The summed E-state index contributed by atoms with van der Waals surface area (Å²) in [7, 11) is 4.03. The predicted octanol–water partition coefficient (Wildman–Crippen LogP) is 1.53. The average molecular weight is 235 g/mol. The lowest BCUT2D eigenvalue weighted by Crippen LogP contribution is -2.20. The van der Waals surface area contributed by atoms with Crippen LogP contribution < -0.4 is 10.5 Å². The smallest absolute Gasteiger partial charge is 0.125 e. The van der Waals surface area contributed by atoms with Crippen LogP contribution in [0.15, 0.2) is 12.1 Å². The summed E-state index contributed by atoms with van der Waals surface area (Å²) in [6.07, 6.45) is 0. The minimum Gasteiger partial charge on any atom is -0.492 e. The lowest BCUT2D eigenvalue weighted by atomic mass is 10.1. The maximum absolute atomic E-state index is 7.42. The molecular weight excluding hydrogens is 214 g/mol. The first-order valence-electron chi connectivity index (χ1n) is 5.65. The van der Waals surface area contributed by atoms with Crippen LogP contribution in [0.3, 0.4) is 0 Å². The molecule has 94 valence electrons. The predicted molar refractivity (Wildman–Crippen MR) is 71.0 cm³/mol. The van der Waals surface area contributed by atoms with E-state index in [-0.39, 0.29) is 5.84 Å². The zero-order valence-corrected chi connectivity index (χ0v) is 11.0. The molecule has 3 N–H and O–H groups in total. The molecule has 0 saturated heterocycles. The minimum atomic E-state index is 0.0936. The highest BCUT2D eigenvalue weighted by atomic mass is 16.5. The molecule has 0 atom stereocenters. The normalized spacial score (nSPS) is 10.6. The van der Waals surface area contributed by atoms with Gasteiger partial charge in [0.2, 0.25) is 0 Å². The molecule has 0 fully saturated rings. The Morgan fingerprint density at radius 2 is 1.82 bits per heavy atom. The zero-order valence-electron chi connectivity index (χ0n) is 11.0. The second-order valence-electron chi connectivity index (χ2n) is 4.50. The van der Waals surface area contributed by atoms with Crippen molar-refractivity contribution < 1.29 is 4.74 Å². The molecule has 0 aliphatic rings. The molecule has 0 unspecified atom stereocenters. The molecule has 0 saturated carbocycles. The Balaban J connectivity index is 2.83. The van der Waals surface area contributed by atoms with Crippen molar-refractivity contribution in [3.05, 3.63) is 28.8 Å². The molecular formula is C13H21N3O. The van der Waals surface area contributed by atoms with Gasteiger partial charge >= 0.3 is 0 Å². The minimum absolute atomic E-state index is 0.0936. The summed E-state index contributed by atoms with van der Waals surface area (Å²) in [6, 6.07) is 3.78. The molecule has 0 aliphatic heterocycles. The first-order chi connectivity index (χ1) is 7.91. The fourth-order valence-corrected chi connectivity index (χ4v) is 1.66. The van der Waals surface area contributed by atoms with Gasteiger partial charge in [0.25, 0.3) is 0 Å². The first kappa shape index (κ1) is 13.5. The lowest BCUT2D eigenvalue weighted by Gasteiger charge is -2.15. The second kappa shape index (κ2) is 5.68. The topological polar surface area (TPSA) is 62.3 Å². The summed E-state index contributed by atoms with van der Waals surface area (Å²) < 4.78 is 5.76. The third-order valence-corrected chi connectivity index (χ3v) is 2.56. The summed E-state index contributed by atoms with van der Waals surface area (Å²) in [5, 5.41) is 7.42. The van der Waals surface area contributed by atoms with Crippen molar-refractivity contribution in [2.75, 3.05) is 27.2 Å². The maximum atomic E-state index is 7.42. The van der Waals surface area contributed by atoms with Gasteiger partial charge in [-0.2, -0.15) is 0 Å². The molecule has 0 amide bonds. The van der Waals surface area contributed by atoms with Crippen LogP contribution in [0, 0.1) is 19.3 Å². The Kier molecular flexibility index (Phi) is 4.52. The number of nitrogens with two attached hydrogens (primary N) is 1. The van der Waals surface area contributed by atoms with Gasteiger partial charge < -0.3 is 15.4 Å². The van der Waals surface area contributed by atoms with Gasteiger partial charge in [0.05, 0.1) is 0 Å². The highest BCUT2D eigenvalue weighted by molar-refractivity contribution is 5.95. The molecule has 0 spiro atoms. The van der Waals surface area contributed by atoms with Crippen LogP contribution in [0.25, 0.3) is 0 Å². The third kappa shape index (κ3) is 3.75. The number of nitrogen functional groups attached to an aromatic ring is 1. The molecule has 0 heterocycles. The van der Waals surface area contributed by atoms with Crippen molar-refractivity contribution in [1.29, 1.82) is 5.41 Å². The van der Waals surface area contributed by atoms with E-state index in [4.69, 9.17) is 15.9 Å².